The lowest BCUT2D eigenvalue weighted by Gasteiger charge is -2.63. The number of fused-ring (bicyclic) bond motifs is 7. The van der Waals surface area contributed by atoms with E-state index in [1.165, 1.54) is 87.5 Å². The number of anilines is 1. The molecule has 0 spiro atoms. The number of phenolic OH excluding ortho intramolecular Hbond substituents is 1. The first-order chi connectivity index (χ1) is 31.2. The Balaban J connectivity index is 0.882. The maximum Gasteiger partial charge on any atom is 0.248 e. The predicted molar refractivity (Wildman–Crippen MR) is 227 cm³/mol. The quantitative estimate of drug-likeness (QED) is 0.153. The molecule has 0 aromatic heterocycles. The zero-order valence-electron chi connectivity index (χ0n) is 36.5. The SMILES string of the molecule is C[C@H](NC(=O)CCN1C(=O)C=CC1O)C(=O)N[C@@H](C)C(=O)Nc1ccc(Oc2ccc([C@@H]3O[C@@H]4C[C@H]5[C@@H]6C[C@H](F)C7=CC(=O)C=C[C@]7(C)[C@@]6(F)[C@@H](O)C[C@]5(C)[C@]4(C(=O)CO)O3)cc2O)cc1. The third-order valence-corrected chi connectivity index (χ3v) is 14.6. The van der Waals surface area contributed by atoms with Crippen LogP contribution in [0.5, 0.6) is 17.2 Å². The van der Waals surface area contributed by atoms with Crippen molar-refractivity contribution >= 4 is 40.9 Å². The summed E-state index contributed by atoms with van der Waals surface area (Å²) in [5, 5.41) is 50.6. The average Bonchev–Trinajstić information content (AvgIpc) is 3.90. The molecule has 8 rings (SSSR count). The van der Waals surface area contributed by atoms with Gasteiger partial charge in [0.1, 0.15) is 36.8 Å². The number of ether oxygens (including phenoxy) is 3. The van der Waals surface area contributed by atoms with Crippen molar-refractivity contribution in [3.05, 3.63) is 84.0 Å². The minimum Gasteiger partial charge on any atom is -0.504 e. The number of benzene rings is 2. The van der Waals surface area contributed by atoms with Crippen molar-refractivity contribution in [2.75, 3.05) is 18.5 Å². The molecule has 0 bridgehead atoms. The summed E-state index contributed by atoms with van der Waals surface area (Å²) in [5.41, 5.74) is -6.64. The summed E-state index contributed by atoms with van der Waals surface area (Å²) < 4.78 is 52.4. The first-order valence-electron chi connectivity index (χ1n) is 21.8. The van der Waals surface area contributed by atoms with E-state index >= 15 is 8.78 Å². The fourth-order valence-corrected chi connectivity index (χ4v) is 11.2. The minimum absolute atomic E-state index is 0.0201. The molecule has 17 nitrogen and oxygen atoms in total. The van der Waals surface area contributed by atoms with Gasteiger partial charge in [0.2, 0.25) is 23.6 Å². The Morgan fingerprint density at radius 3 is 2.35 bits per heavy atom. The number of phenols is 1. The Kier molecular flexibility index (Phi) is 12.1. The number of Topliss-reactive ketones (excluding diaryl/α,β-unsaturated/α-hetero) is 1. The molecule has 13 atom stereocenters. The van der Waals surface area contributed by atoms with Gasteiger partial charge in [-0.15, -0.1) is 0 Å². The number of halogens is 2. The highest BCUT2D eigenvalue weighted by Gasteiger charge is 2.80. The van der Waals surface area contributed by atoms with Gasteiger partial charge in [0.15, 0.2) is 40.6 Å². The summed E-state index contributed by atoms with van der Waals surface area (Å²) in [6.07, 6.45) is -1.45. The Bertz CT molecular complexity index is 2450. The van der Waals surface area contributed by atoms with Crippen molar-refractivity contribution in [3.63, 3.8) is 0 Å². The summed E-state index contributed by atoms with van der Waals surface area (Å²) in [4.78, 5) is 76.9. The van der Waals surface area contributed by atoms with E-state index in [-0.39, 0.29) is 60.6 Å². The van der Waals surface area contributed by atoms with Gasteiger partial charge in [-0.3, -0.25) is 28.8 Å². The van der Waals surface area contributed by atoms with Crippen LogP contribution in [0.15, 0.2) is 78.4 Å². The molecule has 4 aliphatic carbocycles. The second kappa shape index (κ2) is 17.1. The summed E-state index contributed by atoms with van der Waals surface area (Å²) in [5.74, 6) is -5.27. The highest BCUT2D eigenvalue weighted by atomic mass is 19.1. The molecule has 66 heavy (non-hydrogen) atoms. The van der Waals surface area contributed by atoms with Crippen LogP contribution in [0.4, 0.5) is 14.5 Å². The van der Waals surface area contributed by atoms with Gasteiger partial charge in [-0.2, -0.15) is 0 Å². The van der Waals surface area contributed by atoms with Gasteiger partial charge in [0.05, 0.1) is 12.2 Å². The van der Waals surface area contributed by atoms with E-state index in [9.17, 15) is 49.2 Å². The minimum atomic E-state index is -2.40. The summed E-state index contributed by atoms with van der Waals surface area (Å²) in [6, 6.07) is 8.36. The number of hydrogen-bond donors (Lipinski definition) is 7. The van der Waals surface area contributed by atoms with Crippen LogP contribution < -0.4 is 20.7 Å². The van der Waals surface area contributed by atoms with E-state index in [2.05, 4.69) is 16.0 Å². The first-order valence-corrected chi connectivity index (χ1v) is 21.8. The lowest BCUT2D eigenvalue weighted by atomic mass is 9.44. The second-order valence-corrected chi connectivity index (χ2v) is 18.4. The van der Waals surface area contributed by atoms with Crippen LogP contribution in [-0.4, -0.2) is 122 Å². The molecule has 2 heterocycles. The number of nitrogens with one attached hydrogen (secondary N) is 3. The number of carbonyl (C=O) groups is 6. The normalized spacial score (nSPS) is 34.9. The van der Waals surface area contributed by atoms with Crippen LogP contribution in [-0.2, 0) is 38.2 Å². The number of rotatable bonds is 13. The predicted octanol–water partition coefficient (Wildman–Crippen LogP) is 2.88. The van der Waals surface area contributed by atoms with Crippen molar-refractivity contribution in [2.45, 2.75) is 108 Å². The number of allylic oxidation sites excluding steroid dienone is 4. The topological polar surface area (TPSA) is 250 Å². The molecule has 4 amide bonds. The Morgan fingerprint density at radius 1 is 0.970 bits per heavy atom. The number of aliphatic hydroxyl groups is 3. The monoisotopic (exact) mass is 918 g/mol. The third kappa shape index (κ3) is 7.50. The van der Waals surface area contributed by atoms with Crippen molar-refractivity contribution < 1.29 is 72.2 Å². The Hall–Kier alpha value is -5.86. The van der Waals surface area contributed by atoms with Gasteiger partial charge in [0.25, 0.3) is 0 Å². The van der Waals surface area contributed by atoms with E-state index in [4.69, 9.17) is 14.2 Å². The highest BCUT2D eigenvalue weighted by molar-refractivity contribution is 6.01. The molecule has 19 heteroatoms. The zero-order chi connectivity index (χ0) is 47.7. The smallest absolute Gasteiger partial charge is 0.248 e. The lowest BCUT2D eigenvalue weighted by molar-refractivity contribution is -0.235. The second-order valence-electron chi connectivity index (χ2n) is 18.4. The maximum absolute atomic E-state index is 17.7. The standard InChI is InChI=1S/C47H52F2N4O13/c1-23(50-38(59)14-16-53-39(60)11-12-40(53)61)41(62)51-24(2)42(63)52-26-6-8-28(9-7-26)64-34-10-5-25(17-33(34)56)43-65-37-20-29-30-19-32(48)31-18-27(55)13-15-44(31,3)46(30,49)35(57)21-45(29,4)47(37,66-43)36(58)22-54/h5-13,15,17-18,23-24,29-30,32,35,37,39,43,54,56-57,60H,14,16,19-22H2,1-4H3,(H,50,59)(H,51,62)(H,52,63)/t23-,24-,29-,30-,32-,35-,37+,39?,43+,44-,45-,46-,47+/m0/s1. The fraction of sp³-hybridized carbons (Fsp3) is 0.489. The molecule has 1 unspecified atom stereocenters. The van der Waals surface area contributed by atoms with Crippen LogP contribution in [0.25, 0.3) is 0 Å². The van der Waals surface area contributed by atoms with Crippen molar-refractivity contribution in [1.82, 2.24) is 15.5 Å². The van der Waals surface area contributed by atoms with E-state index in [0.29, 0.717) is 5.69 Å². The first kappa shape index (κ1) is 46.7. The summed E-state index contributed by atoms with van der Waals surface area (Å²) in [6.45, 7) is 5.03. The van der Waals surface area contributed by atoms with Crippen molar-refractivity contribution in [1.29, 1.82) is 0 Å². The lowest BCUT2D eigenvalue weighted by Crippen LogP contribution is -2.70. The Labute approximate surface area is 377 Å². The molecular formula is C47H52F2N4O13. The molecule has 7 N–H and O–H groups in total. The highest BCUT2D eigenvalue weighted by Crippen LogP contribution is 2.72. The molecule has 352 valence electrons. The van der Waals surface area contributed by atoms with E-state index < -0.39 is 119 Å². The molecule has 4 fully saturated rings. The van der Waals surface area contributed by atoms with Crippen LogP contribution in [0.2, 0.25) is 0 Å². The molecule has 2 aliphatic heterocycles. The third-order valence-electron chi connectivity index (χ3n) is 14.6. The molecule has 1 saturated heterocycles. The number of hydrogen-bond acceptors (Lipinski definition) is 13. The van der Waals surface area contributed by atoms with Gasteiger partial charge in [-0.1, -0.05) is 13.0 Å². The Morgan fingerprint density at radius 2 is 1.68 bits per heavy atom. The van der Waals surface area contributed by atoms with Crippen LogP contribution >= 0.6 is 0 Å². The van der Waals surface area contributed by atoms with E-state index in [1.54, 1.807) is 6.92 Å². The van der Waals surface area contributed by atoms with Gasteiger partial charge in [-0.25, -0.2) is 8.78 Å². The number of aromatic hydroxyl groups is 1. The number of carbonyl (C=O) groups excluding carboxylic acids is 6. The molecule has 2 aromatic carbocycles. The van der Waals surface area contributed by atoms with Crippen LogP contribution in [0, 0.1) is 22.7 Å². The van der Waals surface area contributed by atoms with E-state index in [1.807, 2.05) is 0 Å². The van der Waals surface area contributed by atoms with E-state index in [0.717, 1.165) is 11.0 Å². The number of aliphatic hydroxyl groups excluding tert-OH is 3. The van der Waals surface area contributed by atoms with Crippen LogP contribution in [0.1, 0.15) is 65.2 Å². The van der Waals surface area contributed by atoms with Crippen molar-refractivity contribution in [2.24, 2.45) is 22.7 Å². The molecule has 6 aliphatic rings. The number of nitrogens with zero attached hydrogens (tertiary/aromatic N) is 1. The van der Waals surface area contributed by atoms with Crippen molar-refractivity contribution in [3.8, 4) is 17.2 Å². The van der Waals surface area contributed by atoms with Gasteiger partial charge < -0.3 is 55.5 Å². The largest absolute Gasteiger partial charge is 0.504 e. The van der Waals surface area contributed by atoms with Crippen LogP contribution in [0.3, 0.4) is 0 Å². The van der Waals surface area contributed by atoms with Gasteiger partial charge >= 0.3 is 0 Å². The summed E-state index contributed by atoms with van der Waals surface area (Å²) >= 11 is 0. The summed E-state index contributed by atoms with van der Waals surface area (Å²) in [7, 11) is 0. The molecule has 0 radical (unpaired) electrons. The number of alkyl halides is 2. The molecule has 2 aromatic rings. The average molecular weight is 919 g/mol. The zero-order valence-corrected chi connectivity index (χ0v) is 36.5. The molecule has 3 saturated carbocycles. The van der Waals surface area contributed by atoms with Gasteiger partial charge in [0, 0.05) is 47.0 Å². The van der Waals surface area contributed by atoms with Gasteiger partial charge in [-0.05, 0) is 112 Å². The fourth-order valence-electron chi connectivity index (χ4n) is 11.2. The number of ketones is 2. The molecular weight excluding hydrogens is 867 g/mol. The number of amides is 4. The maximum atomic E-state index is 17.7.